The summed E-state index contributed by atoms with van der Waals surface area (Å²) >= 11 is 0. The first kappa shape index (κ1) is 12.5. The van der Waals surface area contributed by atoms with Crippen LogP contribution in [-0.4, -0.2) is 23.6 Å². The zero-order valence-corrected chi connectivity index (χ0v) is 10.5. The number of anilines is 1. The minimum atomic E-state index is -0.414. The van der Waals surface area contributed by atoms with Crippen LogP contribution in [0.5, 0.6) is 5.75 Å². The summed E-state index contributed by atoms with van der Waals surface area (Å²) in [7, 11) is 1.44. The number of benzene rings is 1. The molecule has 0 aliphatic rings. The van der Waals surface area contributed by atoms with Gasteiger partial charge < -0.3 is 10.1 Å². The number of aromatic nitrogens is 2. The Morgan fingerprint density at radius 3 is 2.89 bits per heavy atom. The van der Waals surface area contributed by atoms with E-state index in [0.717, 1.165) is 24.8 Å². The number of rotatable bonds is 5. The molecule has 2 aromatic rings. The van der Waals surface area contributed by atoms with Crippen molar-refractivity contribution in [1.82, 2.24) is 9.97 Å². The van der Waals surface area contributed by atoms with Gasteiger partial charge in [0, 0.05) is 18.0 Å². The van der Waals surface area contributed by atoms with Crippen molar-refractivity contribution in [2.75, 3.05) is 19.0 Å². The predicted octanol–water partition coefficient (Wildman–Crippen LogP) is 2.99. The van der Waals surface area contributed by atoms with Crippen molar-refractivity contribution in [3.05, 3.63) is 24.3 Å². The maximum atomic E-state index is 13.6. The zero-order valence-electron chi connectivity index (χ0n) is 10.5. The summed E-state index contributed by atoms with van der Waals surface area (Å²) in [5.41, 5.74) is 0.572. The van der Waals surface area contributed by atoms with Crippen LogP contribution in [0.1, 0.15) is 19.8 Å². The molecule has 96 valence electrons. The summed E-state index contributed by atoms with van der Waals surface area (Å²) in [6.07, 6.45) is 3.60. The molecular formula is C13H16FN3O. The van der Waals surface area contributed by atoms with Gasteiger partial charge in [0.1, 0.15) is 12.1 Å². The standard InChI is InChI=1S/C13H16FN3O/c1-3-4-5-15-13-9-6-12(18-2)10(14)7-11(9)16-8-17-13/h6-8H,3-5H2,1-2H3,(H,15,16,17). The maximum Gasteiger partial charge on any atom is 0.167 e. The average molecular weight is 249 g/mol. The molecule has 0 amide bonds. The molecule has 0 aliphatic heterocycles. The Morgan fingerprint density at radius 1 is 1.33 bits per heavy atom. The number of halogens is 1. The van der Waals surface area contributed by atoms with Crippen LogP contribution in [0.3, 0.4) is 0 Å². The van der Waals surface area contributed by atoms with Crippen LogP contribution >= 0.6 is 0 Å². The van der Waals surface area contributed by atoms with Gasteiger partial charge in [0.2, 0.25) is 0 Å². The van der Waals surface area contributed by atoms with Crippen molar-refractivity contribution in [2.24, 2.45) is 0 Å². The Kier molecular flexibility index (Phi) is 3.92. The predicted molar refractivity (Wildman–Crippen MR) is 69.4 cm³/mol. The fourth-order valence-corrected chi connectivity index (χ4v) is 1.74. The SMILES string of the molecule is CCCCNc1ncnc2cc(F)c(OC)cc12. The molecule has 18 heavy (non-hydrogen) atoms. The van der Waals surface area contributed by atoms with Crippen molar-refractivity contribution >= 4 is 16.7 Å². The van der Waals surface area contributed by atoms with Gasteiger partial charge in [-0.3, -0.25) is 0 Å². The fraction of sp³-hybridized carbons (Fsp3) is 0.385. The minimum Gasteiger partial charge on any atom is -0.494 e. The van der Waals surface area contributed by atoms with Gasteiger partial charge in [-0.05, 0) is 12.5 Å². The molecule has 1 aromatic carbocycles. The number of nitrogens with one attached hydrogen (secondary N) is 1. The van der Waals surface area contributed by atoms with Gasteiger partial charge in [0.25, 0.3) is 0 Å². The monoisotopic (exact) mass is 249 g/mol. The van der Waals surface area contributed by atoms with Gasteiger partial charge in [0.15, 0.2) is 11.6 Å². The topological polar surface area (TPSA) is 47.0 Å². The van der Waals surface area contributed by atoms with E-state index in [-0.39, 0.29) is 5.75 Å². The number of fused-ring (bicyclic) bond motifs is 1. The number of hydrogen-bond donors (Lipinski definition) is 1. The molecule has 4 nitrogen and oxygen atoms in total. The third-order valence-corrected chi connectivity index (χ3v) is 2.73. The highest BCUT2D eigenvalue weighted by Crippen LogP contribution is 2.27. The summed E-state index contributed by atoms with van der Waals surface area (Å²) < 4.78 is 18.5. The number of methoxy groups -OCH3 is 1. The molecule has 5 heteroatoms. The van der Waals surface area contributed by atoms with Crippen molar-refractivity contribution in [2.45, 2.75) is 19.8 Å². The van der Waals surface area contributed by atoms with Crippen LogP contribution < -0.4 is 10.1 Å². The van der Waals surface area contributed by atoms with Crippen molar-refractivity contribution < 1.29 is 9.13 Å². The number of ether oxygens (including phenoxy) is 1. The summed E-state index contributed by atoms with van der Waals surface area (Å²) in [4.78, 5) is 8.24. The van der Waals surface area contributed by atoms with E-state index in [2.05, 4.69) is 22.2 Å². The summed E-state index contributed by atoms with van der Waals surface area (Å²) in [6, 6.07) is 2.99. The first-order valence-electron chi connectivity index (χ1n) is 5.98. The van der Waals surface area contributed by atoms with E-state index in [9.17, 15) is 4.39 Å². The summed E-state index contributed by atoms with van der Waals surface area (Å²) in [5.74, 6) is 0.505. The van der Waals surface area contributed by atoms with Crippen LogP contribution in [0.15, 0.2) is 18.5 Å². The van der Waals surface area contributed by atoms with Gasteiger partial charge >= 0.3 is 0 Å². The van der Waals surface area contributed by atoms with E-state index < -0.39 is 5.82 Å². The highest BCUT2D eigenvalue weighted by Gasteiger charge is 2.09. The fourth-order valence-electron chi connectivity index (χ4n) is 1.74. The third kappa shape index (κ3) is 2.50. The van der Waals surface area contributed by atoms with E-state index in [4.69, 9.17) is 4.74 Å². The van der Waals surface area contributed by atoms with Gasteiger partial charge in [-0.2, -0.15) is 0 Å². The highest BCUT2D eigenvalue weighted by atomic mass is 19.1. The van der Waals surface area contributed by atoms with Crippen LogP contribution in [0.2, 0.25) is 0 Å². The Balaban J connectivity index is 2.40. The van der Waals surface area contributed by atoms with Crippen LogP contribution in [-0.2, 0) is 0 Å². The second kappa shape index (κ2) is 5.62. The van der Waals surface area contributed by atoms with E-state index in [1.807, 2.05) is 0 Å². The van der Waals surface area contributed by atoms with Crippen molar-refractivity contribution in [3.8, 4) is 5.75 Å². The first-order chi connectivity index (χ1) is 8.76. The Morgan fingerprint density at radius 2 is 2.17 bits per heavy atom. The molecule has 0 aliphatic carbocycles. The Hall–Kier alpha value is -1.91. The van der Waals surface area contributed by atoms with Gasteiger partial charge in [-0.1, -0.05) is 13.3 Å². The smallest absolute Gasteiger partial charge is 0.167 e. The maximum absolute atomic E-state index is 13.6. The van der Waals surface area contributed by atoms with E-state index >= 15 is 0 Å². The number of hydrogen-bond acceptors (Lipinski definition) is 4. The van der Waals surface area contributed by atoms with Crippen molar-refractivity contribution in [3.63, 3.8) is 0 Å². The number of unbranched alkanes of at least 4 members (excludes halogenated alkanes) is 1. The Bertz CT molecular complexity index is 545. The van der Waals surface area contributed by atoms with Gasteiger partial charge in [-0.15, -0.1) is 0 Å². The zero-order chi connectivity index (χ0) is 13.0. The molecule has 0 saturated carbocycles. The molecule has 0 radical (unpaired) electrons. The molecule has 0 saturated heterocycles. The molecule has 0 spiro atoms. The average Bonchev–Trinajstić information content (AvgIpc) is 2.38. The number of nitrogens with zero attached hydrogens (tertiary/aromatic N) is 2. The minimum absolute atomic E-state index is 0.204. The molecule has 2 rings (SSSR count). The molecule has 0 atom stereocenters. The van der Waals surface area contributed by atoms with Gasteiger partial charge in [0.05, 0.1) is 12.6 Å². The second-order valence-electron chi connectivity index (χ2n) is 4.01. The molecule has 1 heterocycles. The highest BCUT2D eigenvalue weighted by molar-refractivity contribution is 5.90. The first-order valence-corrected chi connectivity index (χ1v) is 5.98. The quantitative estimate of drug-likeness (QED) is 0.827. The molecule has 1 aromatic heterocycles. The lowest BCUT2D eigenvalue weighted by Crippen LogP contribution is -2.04. The van der Waals surface area contributed by atoms with Crippen LogP contribution in [0.4, 0.5) is 10.2 Å². The molecule has 0 fully saturated rings. The molecule has 0 bridgehead atoms. The summed E-state index contributed by atoms with van der Waals surface area (Å²) in [6.45, 7) is 2.96. The largest absolute Gasteiger partial charge is 0.494 e. The van der Waals surface area contributed by atoms with Gasteiger partial charge in [-0.25, -0.2) is 14.4 Å². The third-order valence-electron chi connectivity index (χ3n) is 2.73. The van der Waals surface area contributed by atoms with E-state index in [1.54, 1.807) is 6.07 Å². The van der Waals surface area contributed by atoms with E-state index in [0.29, 0.717) is 11.3 Å². The van der Waals surface area contributed by atoms with Crippen LogP contribution in [0, 0.1) is 5.82 Å². The lowest BCUT2D eigenvalue weighted by atomic mass is 10.2. The van der Waals surface area contributed by atoms with Crippen LogP contribution in [0.25, 0.3) is 10.9 Å². The summed E-state index contributed by atoms with van der Waals surface area (Å²) in [5, 5.41) is 4.00. The normalized spacial score (nSPS) is 10.6. The lowest BCUT2D eigenvalue weighted by molar-refractivity contribution is 0.387. The molecule has 1 N–H and O–H groups in total. The Labute approximate surface area is 105 Å². The van der Waals surface area contributed by atoms with Crippen molar-refractivity contribution in [1.29, 1.82) is 0 Å². The lowest BCUT2D eigenvalue weighted by Gasteiger charge is -2.09. The molecule has 0 unspecified atom stereocenters. The second-order valence-corrected chi connectivity index (χ2v) is 4.01. The van der Waals surface area contributed by atoms with E-state index in [1.165, 1.54) is 19.5 Å². The molecular weight excluding hydrogens is 233 g/mol.